The van der Waals surface area contributed by atoms with Gasteiger partial charge in [0.25, 0.3) is 0 Å². The summed E-state index contributed by atoms with van der Waals surface area (Å²) >= 11 is 0. The molecule has 0 radical (unpaired) electrons. The summed E-state index contributed by atoms with van der Waals surface area (Å²) in [6, 6.07) is -0.573. The van der Waals surface area contributed by atoms with Crippen molar-refractivity contribution in [3.63, 3.8) is 0 Å². The number of aldehydes is 1. The number of carbonyl (C=O) groups excluding carboxylic acids is 1. The molecule has 2 N–H and O–H groups in total. The van der Waals surface area contributed by atoms with Gasteiger partial charge in [-0.1, -0.05) is 32.6 Å². The molecule has 0 spiro atoms. The van der Waals surface area contributed by atoms with Gasteiger partial charge in [-0.05, 0) is 18.3 Å². The summed E-state index contributed by atoms with van der Waals surface area (Å²) in [5.74, 6) is 1.23. The van der Waals surface area contributed by atoms with Gasteiger partial charge in [0.15, 0.2) is 0 Å². The number of hydrazine groups is 1. The zero-order valence-electron chi connectivity index (χ0n) is 10.6. The second kappa shape index (κ2) is 6.59. The van der Waals surface area contributed by atoms with E-state index in [0.717, 1.165) is 30.1 Å². The van der Waals surface area contributed by atoms with E-state index in [9.17, 15) is 9.59 Å². The van der Waals surface area contributed by atoms with Gasteiger partial charge < -0.3 is 9.90 Å². The van der Waals surface area contributed by atoms with E-state index in [1.54, 1.807) is 0 Å². The van der Waals surface area contributed by atoms with Gasteiger partial charge in [0.05, 0.1) is 0 Å². The van der Waals surface area contributed by atoms with Gasteiger partial charge >= 0.3 is 6.09 Å². The first kappa shape index (κ1) is 14.0. The first-order valence-corrected chi connectivity index (χ1v) is 6.23. The molecule has 0 bridgehead atoms. The number of carbonyl (C=O) groups is 2. The first-order chi connectivity index (χ1) is 8.08. The fourth-order valence-corrected chi connectivity index (χ4v) is 2.53. The third-order valence-corrected chi connectivity index (χ3v) is 3.65. The SMILES string of the molecule is CNN(C(=O)O)C(C=O)CC1CCC(C)CC1. The fraction of sp³-hybridized carbons (Fsp3) is 0.833. The lowest BCUT2D eigenvalue weighted by atomic mass is 9.80. The molecule has 1 atom stereocenters. The summed E-state index contributed by atoms with van der Waals surface area (Å²) in [6.07, 6.45) is 4.82. The average Bonchev–Trinajstić information content (AvgIpc) is 2.31. The Morgan fingerprint density at radius 2 is 2.06 bits per heavy atom. The van der Waals surface area contributed by atoms with Crippen LogP contribution >= 0.6 is 0 Å². The summed E-state index contributed by atoms with van der Waals surface area (Å²) in [6.45, 7) is 2.24. The maximum Gasteiger partial charge on any atom is 0.422 e. The maximum atomic E-state index is 11.0. The van der Waals surface area contributed by atoms with Crippen LogP contribution in [-0.4, -0.2) is 35.6 Å². The molecule has 1 saturated carbocycles. The lowest BCUT2D eigenvalue weighted by Crippen LogP contribution is -2.48. The van der Waals surface area contributed by atoms with Crippen LogP contribution in [0.3, 0.4) is 0 Å². The van der Waals surface area contributed by atoms with Gasteiger partial charge in [0, 0.05) is 7.05 Å². The van der Waals surface area contributed by atoms with Crippen molar-refractivity contribution in [3.8, 4) is 0 Å². The minimum Gasteiger partial charge on any atom is -0.464 e. The zero-order valence-corrected chi connectivity index (χ0v) is 10.6. The third-order valence-electron chi connectivity index (χ3n) is 3.65. The number of carboxylic acid groups (broad SMARTS) is 1. The summed E-state index contributed by atoms with van der Waals surface area (Å²) < 4.78 is 0. The van der Waals surface area contributed by atoms with Gasteiger partial charge in [-0.15, -0.1) is 0 Å². The molecule has 0 saturated heterocycles. The Kier molecular flexibility index (Phi) is 5.41. The monoisotopic (exact) mass is 242 g/mol. The van der Waals surface area contributed by atoms with Gasteiger partial charge in [0.2, 0.25) is 0 Å². The third kappa shape index (κ3) is 4.00. The minimum atomic E-state index is -1.10. The van der Waals surface area contributed by atoms with Crippen LogP contribution in [0.4, 0.5) is 4.79 Å². The Hall–Kier alpha value is -1.10. The molecule has 1 aliphatic rings. The van der Waals surface area contributed by atoms with Gasteiger partial charge in [-0.25, -0.2) is 15.2 Å². The summed E-state index contributed by atoms with van der Waals surface area (Å²) in [5, 5.41) is 9.94. The molecule has 17 heavy (non-hydrogen) atoms. The molecule has 1 rings (SSSR count). The van der Waals surface area contributed by atoms with Crippen LogP contribution in [0.15, 0.2) is 0 Å². The van der Waals surface area contributed by atoms with Crippen LogP contribution in [0.5, 0.6) is 0 Å². The molecule has 1 fully saturated rings. The van der Waals surface area contributed by atoms with E-state index in [-0.39, 0.29) is 0 Å². The fourth-order valence-electron chi connectivity index (χ4n) is 2.53. The highest BCUT2D eigenvalue weighted by Crippen LogP contribution is 2.31. The predicted molar refractivity (Wildman–Crippen MR) is 64.5 cm³/mol. The topological polar surface area (TPSA) is 69.6 Å². The van der Waals surface area contributed by atoms with Crippen molar-refractivity contribution in [1.82, 2.24) is 10.4 Å². The molecule has 5 nitrogen and oxygen atoms in total. The van der Waals surface area contributed by atoms with E-state index >= 15 is 0 Å². The summed E-state index contributed by atoms with van der Waals surface area (Å²) in [4.78, 5) is 21.9. The molecule has 0 aromatic carbocycles. The highest BCUT2D eigenvalue weighted by atomic mass is 16.4. The molecule has 1 unspecified atom stereocenters. The number of hydrogen-bond donors (Lipinski definition) is 2. The van der Waals surface area contributed by atoms with Crippen molar-refractivity contribution in [2.24, 2.45) is 11.8 Å². The van der Waals surface area contributed by atoms with E-state index in [1.807, 2.05) is 0 Å². The lowest BCUT2D eigenvalue weighted by molar-refractivity contribution is -0.113. The van der Waals surface area contributed by atoms with Crippen molar-refractivity contribution in [2.75, 3.05) is 7.05 Å². The molecule has 5 heteroatoms. The van der Waals surface area contributed by atoms with Crippen LogP contribution in [0.2, 0.25) is 0 Å². The molecule has 1 amide bonds. The Bertz CT molecular complexity index is 262. The normalized spacial score (nSPS) is 26.2. The van der Waals surface area contributed by atoms with Crippen molar-refractivity contribution >= 4 is 12.4 Å². The van der Waals surface area contributed by atoms with E-state index < -0.39 is 12.1 Å². The number of nitrogens with zero attached hydrogens (tertiary/aromatic N) is 1. The molecule has 0 aliphatic heterocycles. The van der Waals surface area contributed by atoms with E-state index in [1.165, 1.54) is 19.9 Å². The molecule has 1 aliphatic carbocycles. The van der Waals surface area contributed by atoms with Crippen molar-refractivity contribution < 1.29 is 14.7 Å². The Balaban J connectivity index is 2.51. The zero-order chi connectivity index (χ0) is 12.8. The highest BCUT2D eigenvalue weighted by molar-refractivity contribution is 5.71. The summed E-state index contributed by atoms with van der Waals surface area (Å²) in [5.41, 5.74) is 2.55. The highest BCUT2D eigenvalue weighted by Gasteiger charge is 2.27. The standard InChI is InChI=1S/C12H22N2O3/c1-9-3-5-10(6-4-9)7-11(8-15)14(13-2)12(16)17/h8-11,13H,3-7H2,1-2H3,(H,16,17). The average molecular weight is 242 g/mol. The van der Waals surface area contributed by atoms with Crippen LogP contribution in [0.25, 0.3) is 0 Å². The number of amides is 1. The van der Waals surface area contributed by atoms with Gasteiger partial charge in [-0.2, -0.15) is 0 Å². The Morgan fingerprint density at radius 1 is 1.47 bits per heavy atom. The second-order valence-corrected chi connectivity index (χ2v) is 4.94. The second-order valence-electron chi connectivity index (χ2n) is 4.94. The van der Waals surface area contributed by atoms with E-state index in [2.05, 4.69) is 12.3 Å². The molecule has 98 valence electrons. The largest absolute Gasteiger partial charge is 0.464 e. The Labute approximate surface area is 102 Å². The smallest absolute Gasteiger partial charge is 0.422 e. The van der Waals surface area contributed by atoms with Crippen LogP contribution < -0.4 is 5.43 Å². The predicted octanol–water partition coefficient (Wildman–Crippen LogP) is 1.88. The van der Waals surface area contributed by atoms with Crippen LogP contribution in [0.1, 0.15) is 39.0 Å². The molecule has 0 aromatic rings. The van der Waals surface area contributed by atoms with Crippen molar-refractivity contribution in [2.45, 2.75) is 45.1 Å². The van der Waals surface area contributed by atoms with Crippen molar-refractivity contribution in [3.05, 3.63) is 0 Å². The van der Waals surface area contributed by atoms with Gasteiger partial charge in [0.1, 0.15) is 12.3 Å². The van der Waals surface area contributed by atoms with Crippen LogP contribution in [-0.2, 0) is 4.79 Å². The Morgan fingerprint density at radius 3 is 2.47 bits per heavy atom. The number of hydrogen-bond acceptors (Lipinski definition) is 3. The minimum absolute atomic E-state index is 0.469. The first-order valence-electron chi connectivity index (χ1n) is 6.23. The number of rotatable bonds is 5. The molecular weight excluding hydrogens is 220 g/mol. The molecular formula is C12H22N2O3. The van der Waals surface area contributed by atoms with E-state index in [4.69, 9.17) is 5.11 Å². The maximum absolute atomic E-state index is 11.0. The summed E-state index contributed by atoms with van der Waals surface area (Å²) in [7, 11) is 1.52. The lowest BCUT2D eigenvalue weighted by Gasteiger charge is -2.31. The van der Waals surface area contributed by atoms with E-state index in [0.29, 0.717) is 12.3 Å². The van der Waals surface area contributed by atoms with Crippen LogP contribution in [0, 0.1) is 11.8 Å². The molecule has 0 aromatic heterocycles. The number of nitrogens with one attached hydrogen (secondary N) is 1. The molecule has 0 heterocycles. The van der Waals surface area contributed by atoms with Gasteiger partial charge in [-0.3, -0.25) is 0 Å². The van der Waals surface area contributed by atoms with Crippen molar-refractivity contribution in [1.29, 1.82) is 0 Å². The quantitative estimate of drug-likeness (QED) is 0.570.